The topological polar surface area (TPSA) is 12.0 Å². The van der Waals surface area contributed by atoms with Crippen molar-refractivity contribution in [3.63, 3.8) is 0 Å². The Kier molecular flexibility index (Phi) is 2.92. The predicted molar refractivity (Wildman–Crippen MR) is 56.8 cm³/mol. The van der Waals surface area contributed by atoms with Crippen molar-refractivity contribution >= 4 is 0 Å². The van der Waals surface area contributed by atoms with Gasteiger partial charge < -0.3 is 5.32 Å². The van der Waals surface area contributed by atoms with Gasteiger partial charge in [-0.25, -0.2) is 0 Å². The van der Waals surface area contributed by atoms with E-state index in [-0.39, 0.29) is 0 Å². The van der Waals surface area contributed by atoms with Crippen molar-refractivity contribution < 1.29 is 0 Å². The molecule has 1 heteroatoms. The molecule has 13 heavy (non-hydrogen) atoms. The minimum atomic E-state index is 0.712. The predicted octanol–water partition coefficient (Wildman–Crippen LogP) is 2.96. The van der Waals surface area contributed by atoms with Crippen LogP contribution in [-0.4, -0.2) is 13.1 Å². The Bertz CT molecular complexity index is 151. The van der Waals surface area contributed by atoms with Gasteiger partial charge in [0.05, 0.1) is 0 Å². The summed E-state index contributed by atoms with van der Waals surface area (Å²) in [6, 6.07) is 0. The third-order valence-corrected chi connectivity index (χ3v) is 4.32. The van der Waals surface area contributed by atoms with Crippen molar-refractivity contribution in [1.82, 2.24) is 5.32 Å². The molecule has 0 aromatic carbocycles. The summed E-state index contributed by atoms with van der Waals surface area (Å²) in [5.74, 6) is 1.02. The molecular formula is C12H23N. The molecule has 0 saturated heterocycles. The van der Waals surface area contributed by atoms with Crippen LogP contribution in [0.15, 0.2) is 0 Å². The Morgan fingerprint density at radius 2 is 2.00 bits per heavy atom. The van der Waals surface area contributed by atoms with Gasteiger partial charge in [0, 0.05) is 6.54 Å². The van der Waals surface area contributed by atoms with Crippen molar-refractivity contribution in [2.45, 2.75) is 51.9 Å². The van der Waals surface area contributed by atoms with Crippen LogP contribution < -0.4 is 5.32 Å². The summed E-state index contributed by atoms with van der Waals surface area (Å²) >= 11 is 0. The summed E-state index contributed by atoms with van der Waals surface area (Å²) in [4.78, 5) is 0. The highest BCUT2D eigenvalue weighted by molar-refractivity contribution is 4.88. The molecule has 1 nitrogen and oxygen atoms in total. The fraction of sp³-hybridized carbons (Fsp3) is 1.00. The molecule has 0 heterocycles. The summed E-state index contributed by atoms with van der Waals surface area (Å²) in [7, 11) is 0. The fourth-order valence-corrected chi connectivity index (χ4v) is 2.57. The van der Waals surface area contributed by atoms with Crippen LogP contribution in [0.25, 0.3) is 0 Å². The van der Waals surface area contributed by atoms with E-state index in [1.807, 2.05) is 0 Å². The molecule has 1 N–H and O–H groups in total. The van der Waals surface area contributed by atoms with Crippen molar-refractivity contribution in [3.05, 3.63) is 0 Å². The standard InChI is InChI=1S/C12H23N/c1-2-12(7-4-8-12)10-13-9-11-5-3-6-11/h11,13H,2-10H2,1H3. The zero-order valence-electron chi connectivity index (χ0n) is 8.94. The molecule has 0 amide bonds. The SMILES string of the molecule is CCC1(CNCC2CCC2)CCC1. The van der Waals surface area contributed by atoms with Crippen molar-refractivity contribution in [2.75, 3.05) is 13.1 Å². The highest BCUT2D eigenvalue weighted by atomic mass is 14.9. The lowest BCUT2D eigenvalue weighted by molar-refractivity contribution is 0.119. The average molecular weight is 181 g/mol. The third kappa shape index (κ3) is 2.07. The maximum absolute atomic E-state index is 3.68. The van der Waals surface area contributed by atoms with Crippen LogP contribution in [0.4, 0.5) is 0 Å². The zero-order valence-corrected chi connectivity index (χ0v) is 8.94. The summed E-state index contributed by atoms with van der Waals surface area (Å²) in [6.07, 6.45) is 10.2. The minimum Gasteiger partial charge on any atom is -0.316 e. The largest absolute Gasteiger partial charge is 0.316 e. The smallest absolute Gasteiger partial charge is 0.000782 e. The minimum absolute atomic E-state index is 0.712. The van der Waals surface area contributed by atoms with Gasteiger partial charge in [0.25, 0.3) is 0 Å². The van der Waals surface area contributed by atoms with Gasteiger partial charge in [-0.1, -0.05) is 19.8 Å². The molecule has 2 aliphatic rings. The first-order valence-corrected chi connectivity index (χ1v) is 6.05. The Morgan fingerprint density at radius 3 is 2.38 bits per heavy atom. The Hall–Kier alpha value is -0.0400. The number of rotatable bonds is 5. The second kappa shape index (κ2) is 4.00. The van der Waals surface area contributed by atoms with E-state index in [1.165, 1.54) is 58.0 Å². The summed E-state index contributed by atoms with van der Waals surface area (Å²) < 4.78 is 0. The van der Waals surface area contributed by atoms with E-state index in [9.17, 15) is 0 Å². The summed E-state index contributed by atoms with van der Waals surface area (Å²) in [5.41, 5.74) is 0.712. The molecule has 0 bridgehead atoms. The number of nitrogens with one attached hydrogen (secondary N) is 1. The van der Waals surface area contributed by atoms with E-state index in [1.54, 1.807) is 0 Å². The summed E-state index contributed by atoms with van der Waals surface area (Å²) in [6.45, 7) is 4.94. The van der Waals surface area contributed by atoms with Crippen LogP contribution in [0.3, 0.4) is 0 Å². The highest BCUT2D eigenvalue weighted by Crippen LogP contribution is 2.43. The maximum atomic E-state index is 3.68. The molecular weight excluding hydrogens is 158 g/mol. The monoisotopic (exact) mass is 181 g/mol. The zero-order chi connectivity index (χ0) is 9.15. The molecule has 0 aliphatic heterocycles. The van der Waals surface area contributed by atoms with Gasteiger partial charge in [0.2, 0.25) is 0 Å². The van der Waals surface area contributed by atoms with E-state index in [2.05, 4.69) is 12.2 Å². The maximum Gasteiger partial charge on any atom is 0.000782 e. The first kappa shape index (κ1) is 9.51. The van der Waals surface area contributed by atoms with Crippen LogP contribution in [-0.2, 0) is 0 Å². The van der Waals surface area contributed by atoms with Gasteiger partial charge in [0.15, 0.2) is 0 Å². The van der Waals surface area contributed by atoms with Crippen LogP contribution >= 0.6 is 0 Å². The normalized spacial score (nSPS) is 26.5. The third-order valence-electron chi connectivity index (χ3n) is 4.32. The second-order valence-electron chi connectivity index (χ2n) is 5.13. The van der Waals surface area contributed by atoms with E-state index in [4.69, 9.17) is 0 Å². The molecule has 2 rings (SSSR count). The van der Waals surface area contributed by atoms with Crippen LogP contribution in [0, 0.1) is 11.3 Å². The number of hydrogen-bond acceptors (Lipinski definition) is 1. The highest BCUT2D eigenvalue weighted by Gasteiger charge is 2.34. The van der Waals surface area contributed by atoms with Crippen LogP contribution in [0.5, 0.6) is 0 Å². The molecule has 0 radical (unpaired) electrons. The Labute approximate surface area is 82.3 Å². The van der Waals surface area contributed by atoms with Gasteiger partial charge in [-0.15, -0.1) is 0 Å². The first-order chi connectivity index (χ1) is 6.35. The quantitative estimate of drug-likeness (QED) is 0.687. The molecule has 0 aromatic rings. The van der Waals surface area contributed by atoms with E-state index in [0.717, 1.165) is 5.92 Å². The lowest BCUT2D eigenvalue weighted by atomic mass is 9.67. The van der Waals surface area contributed by atoms with Gasteiger partial charge in [-0.3, -0.25) is 0 Å². The van der Waals surface area contributed by atoms with Gasteiger partial charge >= 0.3 is 0 Å². The van der Waals surface area contributed by atoms with Crippen molar-refractivity contribution in [2.24, 2.45) is 11.3 Å². The van der Waals surface area contributed by atoms with Crippen LogP contribution in [0.1, 0.15) is 51.9 Å². The fourth-order valence-electron chi connectivity index (χ4n) is 2.57. The van der Waals surface area contributed by atoms with E-state index < -0.39 is 0 Å². The van der Waals surface area contributed by atoms with E-state index >= 15 is 0 Å². The van der Waals surface area contributed by atoms with Gasteiger partial charge in [-0.05, 0) is 50.0 Å². The lowest BCUT2D eigenvalue weighted by Gasteiger charge is -2.42. The average Bonchev–Trinajstić information content (AvgIpc) is 1.99. The molecule has 0 unspecified atom stereocenters. The van der Waals surface area contributed by atoms with Gasteiger partial charge in [-0.2, -0.15) is 0 Å². The molecule has 0 atom stereocenters. The van der Waals surface area contributed by atoms with Crippen molar-refractivity contribution in [3.8, 4) is 0 Å². The second-order valence-corrected chi connectivity index (χ2v) is 5.13. The van der Waals surface area contributed by atoms with E-state index in [0.29, 0.717) is 5.41 Å². The number of hydrogen-bond donors (Lipinski definition) is 1. The molecule has 0 aromatic heterocycles. The van der Waals surface area contributed by atoms with Crippen molar-refractivity contribution in [1.29, 1.82) is 0 Å². The molecule has 2 saturated carbocycles. The molecule has 76 valence electrons. The molecule has 2 fully saturated rings. The lowest BCUT2D eigenvalue weighted by Crippen LogP contribution is -2.41. The Balaban J connectivity index is 1.60. The first-order valence-electron chi connectivity index (χ1n) is 6.05. The van der Waals surface area contributed by atoms with Gasteiger partial charge in [0.1, 0.15) is 0 Å². The van der Waals surface area contributed by atoms with Crippen LogP contribution in [0.2, 0.25) is 0 Å². The molecule has 0 spiro atoms. The summed E-state index contributed by atoms with van der Waals surface area (Å²) in [5, 5.41) is 3.68. The Morgan fingerprint density at radius 1 is 1.23 bits per heavy atom. The molecule has 2 aliphatic carbocycles.